The monoisotopic (exact) mass is 213 g/mol. The van der Waals surface area contributed by atoms with Gasteiger partial charge in [0.1, 0.15) is 0 Å². The minimum absolute atomic E-state index is 0.219. The zero-order valence-electron chi connectivity index (χ0n) is 9.19. The maximum atomic E-state index is 11.5. The lowest BCUT2D eigenvalue weighted by Gasteiger charge is -2.28. The number of amides is 1. The molecule has 1 saturated heterocycles. The topological polar surface area (TPSA) is 49.8 Å². The highest BCUT2D eigenvalue weighted by molar-refractivity contribution is 5.68. The summed E-state index contributed by atoms with van der Waals surface area (Å²) in [4.78, 5) is 13.3. The predicted molar refractivity (Wildman–Crippen MR) is 55.4 cm³/mol. The molecule has 0 radical (unpaired) electrons. The van der Waals surface area contributed by atoms with Gasteiger partial charge in [-0.1, -0.05) is 6.42 Å². The number of hydrogen-bond acceptors (Lipinski definition) is 3. The van der Waals surface area contributed by atoms with E-state index in [0.29, 0.717) is 19.1 Å². The molecule has 0 aromatic carbocycles. The van der Waals surface area contributed by atoms with Crippen LogP contribution in [0.15, 0.2) is 0 Å². The van der Waals surface area contributed by atoms with Crippen LogP contribution in [0.4, 0.5) is 4.79 Å². The van der Waals surface area contributed by atoms with Crippen molar-refractivity contribution in [3.63, 3.8) is 0 Å². The molecule has 3 unspecified atom stereocenters. The summed E-state index contributed by atoms with van der Waals surface area (Å²) in [6, 6.07) is 0. The van der Waals surface area contributed by atoms with Crippen molar-refractivity contribution in [2.75, 3.05) is 19.7 Å². The highest BCUT2D eigenvalue weighted by Gasteiger charge is 2.41. The molecule has 3 atom stereocenters. The number of rotatable bonds is 1. The van der Waals surface area contributed by atoms with Gasteiger partial charge in [0.05, 0.1) is 12.7 Å². The van der Waals surface area contributed by atoms with Gasteiger partial charge in [-0.3, -0.25) is 0 Å². The maximum Gasteiger partial charge on any atom is 0.409 e. The number of fused-ring (bicyclic) bond motifs is 1. The van der Waals surface area contributed by atoms with E-state index in [1.54, 1.807) is 4.90 Å². The number of aliphatic hydroxyl groups is 1. The standard InChI is InChI=1S/C11H19NO3/c1-2-15-11(14)12-6-8-4-3-5-10(13)9(8)7-12/h8-10,13H,2-7H2,1H3. The van der Waals surface area contributed by atoms with E-state index in [-0.39, 0.29) is 18.1 Å². The summed E-state index contributed by atoms with van der Waals surface area (Å²) in [5, 5.41) is 9.83. The Morgan fingerprint density at radius 1 is 1.47 bits per heavy atom. The normalized spacial score (nSPS) is 35.1. The minimum Gasteiger partial charge on any atom is -0.450 e. The molecule has 0 aromatic heterocycles. The van der Waals surface area contributed by atoms with Crippen LogP contribution in [-0.4, -0.2) is 41.9 Å². The summed E-state index contributed by atoms with van der Waals surface area (Å²) >= 11 is 0. The lowest BCUT2D eigenvalue weighted by atomic mass is 9.80. The van der Waals surface area contributed by atoms with E-state index in [2.05, 4.69) is 0 Å². The van der Waals surface area contributed by atoms with Gasteiger partial charge in [-0.15, -0.1) is 0 Å². The first-order valence-corrected chi connectivity index (χ1v) is 5.82. The van der Waals surface area contributed by atoms with Crippen molar-refractivity contribution in [1.82, 2.24) is 4.90 Å². The lowest BCUT2D eigenvalue weighted by Crippen LogP contribution is -2.32. The van der Waals surface area contributed by atoms with Gasteiger partial charge in [-0.2, -0.15) is 0 Å². The average molecular weight is 213 g/mol. The van der Waals surface area contributed by atoms with Gasteiger partial charge in [0, 0.05) is 19.0 Å². The van der Waals surface area contributed by atoms with Gasteiger partial charge in [0.15, 0.2) is 0 Å². The Morgan fingerprint density at radius 2 is 2.27 bits per heavy atom. The number of ether oxygens (including phenoxy) is 1. The van der Waals surface area contributed by atoms with Gasteiger partial charge in [-0.05, 0) is 25.7 Å². The molecule has 1 aliphatic carbocycles. The molecule has 0 aromatic rings. The number of aliphatic hydroxyl groups excluding tert-OH is 1. The first kappa shape index (κ1) is 10.7. The Balaban J connectivity index is 1.94. The maximum absolute atomic E-state index is 11.5. The smallest absolute Gasteiger partial charge is 0.409 e. The SMILES string of the molecule is CCOC(=O)N1CC2CCCC(O)C2C1. The Hall–Kier alpha value is -0.770. The van der Waals surface area contributed by atoms with Gasteiger partial charge in [0.2, 0.25) is 0 Å². The van der Waals surface area contributed by atoms with Crippen LogP contribution in [0.3, 0.4) is 0 Å². The molecular formula is C11H19NO3. The molecule has 1 amide bonds. The fourth-order valence-electron chi connectivity index (χ4n) is 2.80. The molecule has 1 aliphatic heterocycles. The first-order valence-electron chi connectivity index (χ1n) is 5.82. The third kappa shape index (κ3) is 2.09. The largest absolute Gasteiger partial charge is 0.450 e. The molecule has 1 N–H and O–H groups in total. The van der Waals surface area contributed by atoms with Gasteiger partial charge >= 0.3 is 6.09 Å². The van der Waals surface area contributed by atoms with Crippen LogP contribution in [0, 0.1) is 11.8 Å². The quantitative estimate of drug-likeness (QED) is 0.713. The van der Waals surface area contributed by atoms with Crippen LogP contribution in [0.5, 0.6) is 0 Å². The summed E-state index contributed by atoms with van der Waals surface area (Å²) in [6.07, 6.45) is 2.66. The van der Waals surface area contributed by atoms with Crippen molar-refractivity contribution >= 4 is 6.09 Å². The Bertz CT molecular complexity index is 244. The number of likely N-dealkylation sites (tertiary alicyclic amines) is 1. The van der Waals surface area contributed by atoms with Crippen molar-refractivity contribution in [3.05, 3.63) is 0 Å². The van der Waals surface area contributed by atoms with Crippen molar-refractivity contribution in [1.29, 1.82) is 0 Å². The molecular weight excluding hydrogens is 194 g/mol. The minimum atomic E-state index is -0.223. The molecule has 0 bridgehead atoms. The lowest BCUT2D eigenvalue weighted by molar-refractivity contribution is 0.0543. The summed E-state index contributed by atoms with van der Waals surface area (Å²) in [6.45, 7) is 3.67. The number of carbonyl (C=O) groups is 1. The molecule has 2 fully saturated rings. The second-order valence-corrected chi connectivity index (χ2v) is 4.53. The van der Waals surface area contributed by atoms with Crippen molar-refractivity contribution in [2.24, 2.45) is 11.8 Å². The van der Waals surface area contributed by atoms with Crippen molar-refractivity contribution in [3.8, 4) is 0 Å². The summed E-state index contributed by atoms with van der Waals surface area (Å²) in [7, 11) is 0. The number of nitrogens with zero attached hydrogens (tertiary/aromatic N) is 1. The van der Waals surface area contributed by atoms with E-state index in [1.807, 2.05) is 6.92 Å². The Kier molecular flexibility index (Phi) is 3.14. The number of carbonyl (C=O) groups excluding carboxylic acids is 1. The summed E-state index contributed by atoms with van der Waals surface area (Å²) < 4.78 is 4.97. The second kappa shape index (κ2) is 4.39. The molecule has 2 aliphatic rings. The van der Waals surface area contributed by atoms with E-state index in [0.717, 1.165) is 25.8 Å². The molecule has 1 heterocycles. The van der Waals surface area contributed by atoms with Crippen molar-refractivity contribution < 1.29 is 14.6 Å². The average Bonchev–Trinajstić information content (AvgIpc) is 2.63. The highest BCUT2D eigenvalue weighted by atomic mass is 16.6. The Labute approximate surface area is 90.2 Å². The second-order valence-electron chi connectivity index (χ2n) is 4.53. The predicted octanol–water partition coefficient (Wildman–Crippen LogP) is 1.24. The van der Waals surface area contributed by atoms with Crippen LogP contribution < -0.4 is 0 Å². The van der Waals surface area contributed by atoms with E-state index in [1.165, 1.54) is 0 Å². The zero-order chi connectivity index (χ0) is 10.8. The molecule has 0 spiro atoms. The third-order valence-corrected chi connectivity index (χ3v) is 3.59. The van der Waals surface area contributed by atoms with Crippen LogP contribution in [0.25, 0.3) is 0 Å². The molecule has 4 nitrogen and oxygen atoms in total. The molecule has 1 saturated carbocycles. The molecule has 15 heavy (non-hydrogen) atoms. The van der Waals surface area contributed by atoms with Crippen molar-refractivity contribution in [2.45, 2.75) is 32.3 Å². The highest BCUT2D eigenvalue weighted by Crippen LogP contribution is 2.36. The summed E-state index contributed by atoms with van der Waals surface area (Å²) in [5.41, 5.74) is 0. The van der Waals surface area contributed by atoms with Gasteiger partial charge < -0.3 is 14.7 Å². The van der Waals surface area contributed by atoms with Crippen LogP contribution >= 0.6 is 0 Å². The van der Waals surface area contributed by atoms with Crippen LogP contribution in [-0.2, 0) is 4.74 Å². The molecule has 4 heteroatoms. The molecule has 2 rings (SSSR count). The fourth-order valence-corrected chi connectivity index (χ4v) is 2.80. The Morgan fingerprint density at radius 3 is 2.93 bits per heavy atom. The van der Waals surface area contributed by atoms with Crippen LogP contribution in [0.2, 0.25) is 0 Å². The van der Waals surface area contributed by atoms with E-state index in [4.69, 9.17) is 4.74 Å². The third-order valence-electron chi connectivity index (χ3n) is 3.59. The molecule has 86 valence electrons. The van der Waals surface area contributed by atoms with E-state index in [9.17, 15) is 9.90 Å². The van der Waals surface area contributed by atoms with E-state index >= 15 is 0 Å². The van der Waals surface area contributed by atoms with Crippen LogP contribution in [0.1, 0.15) is 26.2 Å². The number of hydrogen-bond donors (Lipinski definition) is 1. The fraction of sp³-hybridized carbons (Fsp3) is 0.909. The van der Waals surface area contributed by atoms with E-state index < -0.39 is 0 Å². The zero-order valence-corrected chi connectivity index (χ0v) is 9.19. The summed E-state index contributed by atoms with van der Waals surface area (Å²) in [5.74, 6) is 0.765. The van der Waals surface area contributed by atoms with Gasteiger partial charge in [0.25, 0.3) is 0 Å². The van der Waals surface area contributed by atoms with Gasteiger partial charge in [-0.25, -0.2) is 4.79 Å². The first-order chi connectivity index (χ1) is 7.22.